The Morgan fingerprint density at radius 2 is 2.25 bits per heavy atom. The van der Waals surface area contributed by atoms with Gasteiger partial charge in [0, 0.05) is 23.6 Å². The maximum absolute atomic E-state index is 3.95. The molecule has 0 amide bonds. The molecule has 94 valence electrons. The highest BCUT2D eigenvalue weighted by molar-refractivity contribution is 9.11. The SMILES string of the molecule is C=C(Br)CN1CCCCC1CNCC(C)C. The van der Waals surface area contributed by atoms with Crippen molar-refractivity contribution < 1.29 is 0 Å². The highest BCUT2D eigenvalue weighted by Crippen LogP contribution is 2.18. The second-order valence-electron chi connectivity index (χ2n) is 5.19. The monoisotopic (exact) mass is 288 g/mol. The molecule has 0 saturated carbocycles. The molecule has 3 heteroatoms. The van der Waals surface area contributed by atoms with Crippen molar-refractivity contribution in [1.29, 1.82) is 0 Å². The van der Waals surface area contributed by atoms with Crippen LogP contribution in [0.15, 0.2) is 11.1 Å². The molecule has 0 aromatic carbocycles. The molecule has 1 fully saturated rings. The zero-order valence-corrected chi connectivity index (χ0v) is 12.2. The van der Waals surface area contributed by atoms with Crippen molar-refractivity contribution >= 4 is 15.9 Å². The second-order valence-corrected chi connectivity index (χ2v) is 6.31. The molecule has 1 aliphatic heterocycles. The lowest BCUT2D eigenvalue weighted by atomic mass is 10.0. The Kier molecular flexibility index (Phi) is 6.62. The van der Waals surface area contributed by atoms with Crippen molar-refractivity contribution in [1.82, 2.24) is 10.2 Å². The van der Waals surface area contributed by atoms with Crippen LogP contribution in [0.2, 0.25) is 0 Å². The van der Waals surface area contributed by atoms with Crippen molar-refractivity contribution in [3.63, 3.8) is 0 Å². The third kappa shape index (κ3) is 5.46. The summed E-state index contributed by atoms with van der Waals surface area (Å²) in [5.74, 6) is 0.739. The molecule has 2 nitrogen and oxygen atoms in total. The predicted octanol–water partition coefficient (Wildman–Crippen LogP) is 3.00. The van der Waals surface area contributed by atoms with Crippen LogP contribution in [0, 0.1) is 5.92 Å². The summed E-state index contributed by atoms with van der Waals surface area (Å²) < 4.78 is 1.10. The summed E-state index contributed by atoms with van der Waals surface area (Å²) in [5.41, 5.74) is 0. The Bertz CT molecular complexity index is 216. The number of halogens is 1. The van der Waals surface area contributed by atoms with E-state index in [9.17, 15) is 0 Å². The molecule has 0 spiro atoms. The minimum Gasteiger partial charge on any atom is -0.315 e. The zero-order valence-electron chi connectivity index (χ0n) is 10.6. The van der Waals surface area contributed by atoms with E-state index in [4.69, 9.17) is 0 Å². The van der Waals surface area contributed by atoms with Crippen molar-refractivity contribution in [3.8, 4) is 0 Å². The van der Waals surface area contributed by atoms with Gasteiger partial charge in [0.15, 0.2) is 0 Å². The summed E-state index contributed by atoms with van der Waals surface area (Å²) in [7, 11) is 0. The van der Waals surface area contributed by atoms with Gasteiger partial charge in [-0.05, 0) is 31.8 Å². The Balaban J connectivity index is 2.31. The third-order valence-corrected chi connectivity index (χ3v) is 3.31. The van der Waals surface area contributed by atoms with E-state index in [1.165, 1.54) is 25.8 Å². The molecule has 1 unspecified atom stereocenters. The van der Waals surface area contributed by atoms with Crippen LogP contribution in [0.1, 0.15) is 33.1 Å². The lowest BCUT2D eigenvalue weighted by molar-refractivity contribution is 0.160. The first-order chi connectivity index (χ1) is 7.59. The van der Waals surface area contributed by atoms with Gasteiger partial charge in [-0.1, -0.05) is 42.8 Å². The Labute approximate surface area is 109 Å². The first-order valence-electron chi connectivity index (χ1n) is 6.37. The second kappa shape index (κ2) is 7.46. The van der Waals surface area contributed by atoms with Crippen LogP contribution < -0.4 is 5.32 Å². The van der Waals surface area contributed by atoms with Crippen molar-refractivity contribution in [2.24, 2.45) is 5.92 Å². The van der Waals surface area contributed by atoms with E-state index in [0.717, 1.165) is 30.0 Å². The Morgan fingerprint density at radius 1 is 1.50 bits per heavy atom. The van der Waals surface area contributed by atoms with Gasteiger partial charge in [-0.2, -0.15) is 0 Å². The first-order valence-corrected chi connectivity index (χ1v) is 7.17. The van der Waals surface area contributed by atoms with Gasteiger partial charge in [-0.3, -0.25) is 4.90 Å². The topological polar surface area (TPSA) is 15.3 Å². The lowest BCUT2D eigenvalue weighted by Crippen LogP contribution is -2.46. The molecule has 16 heavy (non-hydrogen) atoms. The van der Waals surface area contributed by atoms with E-state index < -0.39 is 0 Å². The van der Waals surface area contributed by atoms with Crippen LogP contribution in [0.3, 0.4) is 0 Å². The van der Waals surface area contributed by atoms with Gasteiger partial charge < -0.3 is 5.32 Å². The normalized spacial score (nSPS) is 22.6. The van der Waals surface area contributed by atoms with Gasteiger partial charge in [-0.15, -0.1) is 0 Å². The first kappa shape index (κ1) is 14.2. The quantitative estimate of drug-likeness (QED) is 0.808. The smallest absolute Gasteiger partial charge is 0.0297 e. The maximum atomic E-state index is 3.95. The van der Waals surface area contributed by atoms with Crippen LogP contribution in [-0.2, 0) is 0 Å². The molecule has 1 aliphatic rings. The number of nitrogens with one attached hydrogen (secondary N) is 1. The van der Waals surface area contributed by atoms with E-state index >= 15 is 0 Å². The number of rotatable bonds is 6. The van der Waals surface area contributed by atoms with Crippen LogP contribution >= 0.6 is 15.9 Å². The molecule has 1 saturated heterocycles. The highest BCUT2D eigenvalue weighted by atomic mass is 79.9. The fourth-order valence-electron chi connectivity index (χ4n) is 2.26. The highest BCUT2D eigenvalue weighted by Gasteiger charge is 2.21. The molecule has 0 aliphatic carbocycles. The van der Waals surface area contributed by atoms with Crippen molar-refractivity contribution in [2.75, 3.05) is 26.2 Å². The molecule has 0 aromatic rings. The van der Waals surface area contributed by atoms with Crippen LogP contribution in [0.5, 0.6) is 0 Å². The fourth-order valence-corrected chi connectivity index (χ4v) is 2.58. The molecular weight excluding hydrogens is 264 g/mol. The van der Waals surface area contributed by atoms with Gasteiger partial charge >= 0.3 is 0 Å². The minimum atomic E-state index is 0.696. The number of nitrogens with zero attached hydrogens (tertiary/aromatic N) is 1. The summed E-state index contributed by atoms with van der Waals surface area (Å²) in [5, 5.41) is 3.57. The number of likely N-dealkylation sites (tertiary alicyclic amines) is 1. The van der Waals surface area contributed by atoms with Gasteiger partial charge in [0.1, 0.15) is 0 Å². The van der Waals surface area contributed by atoms with Gasteiger partial charge in [0.05, 0.1) is 0 Å². The Hall–Kier alpha value is 0.140. The molecule has 1 atom stereocenters. The minimum absolute atomic E-state index is 0.696. The number of piperidine rings is 1. The average molecular weight is 289 g/mol. The van der Waals surface area contributed by atoms with Crippen LogP contribution in [0.4, 0.5) is 0 Å². The number of hydrogen-bond donors (Lipinski definition) is 1. The van der Waals surface area contributed by atoms with Crippen LogP contribution in [-0.4, -0.2) is 37.1 Å². The van der Waals surface area contributed by atoms with Gasteiger partial charge in [-0.25, -0.2) is 0 Å². The molecule has 0 bridgehead atoms. The Morgan fingerprint density at radius 3 is 2.88 bits per heavy atom. The lowest BCUT2D eigenvalue weighted by Gasteiger charge is -2.35. The fraction of sp³-hybridized carbons (Fsp3) is 0.846. The summed E-state index contributed by atoms with van der Waals surface area (Å²) in [6, 6.07) is 0.696. The molecule has 1 rings (SSSR count). The summed E-state index contributed by atoms with van der Waals surface area (Å²) in [6.45, 7) is 12.9. The predicted molar refractivity (Wildman–Crippen MR) is 75.0 cm³/mol. The van der Waals surface area contributed by atoms with E-state index in [1.54, 1.807) is 0 Å². The molecule has 1 heterocycles. The molecule has 1 N–H and O–H groups in total. The largest absolute Gasteiger partial charge is 0.315 e. The molecule has 0 aromatic heterocycles. The van der Waals surface area contributed by atoms with E-state index in [1.807, 2.05) is 0 Å². The maximum Gasteiger partial charge on any atom is 0.0297 e. The van der Waals surface area contributed by atoms with Crippen LogP contribution in [0.25, 0.3) is 0 Å². The zero-order chi connectivity index (χ0) is 12.0. The van der Waals surface area contributed by atoms with Crippen molar-refractivity contribution in [2.45, 2.75) is 39.2 Å². The standard InChI is InChI=1S/C13H25BrN2/c1-11(2)8-15-9-13-6-4-5-7-16(13)10-12(3)14/h11,13,15H,3-10H2,1-2H3. The molecular formula is C13H25BrN2. The summed E-state index contributed by atoms with van der Waals surface area (Å²) in [4.78, 5) is 2.55. The third-order valence-electron chi connectivity index (χ3n) is 3.06. The van der Waals surface area contributed by atoms with E-state index in [2.05, 4.69) is 46.6 Å². The van der Waals surface area contributed by atoms with E-state index in [0.29, 0.717) is 6.04 Å². The van der Waals surface area contributed by atoms with Crippen molar-refractivity contribution in [3.05, 3.63) is 11.1 Å². The summed E-state index contributed by atoms with van der Waals surface area (Å²) >= 11 is 3.47. The average Bonchev–Trinajstić information content (AvgIpc) is 2.19. The molecule has 0 radical (unpaired) electrons. The van der Waals surface area contributed by atoms with E-state index in [-0.39, 0.29) is 0 Å². The van der Waals surface area contributed by atoms with Gasteiger partial charge in [0.2, 0.25) is 0 Å². The number of hydrogen-bond acceptors (Lipinski definition) is 2. The van der Waals surface area contributed by atoms with Gasteiger partial charge in [0.25, 0.3) is 0 Å². The summed E-state index contributed by atoms with van der Waals surface area (Å²) in [6.07, 6.45) is 4.03.